The SMILES string of the molecule is C=CC[C@@H](NC(=O)CC(C)C)C(=O)OC. The number of hydrogen-bond donors (Lipinski definition) is 1. The van der Waals surface area contributed by atoms with Crippen molar-refractivity contribution in [3.63, 3.8) is 0 Å². The van der Waals surface area contributed by atoms with Gasteiger partial charge in [-0.25, -0.2) is 4.79 Å². The highest BCUT2D eigenvalue weighted by atomic mass is 16.5. The number of methoxy groups -OCH3 is 1. The monoisotopic (exact) mass is 213 g/mol. The second-order valence-corrected chi connectivity index (χ2v) is 3.77. The second kappa shape index (κ2) is 7.04. The molecule has 0 aliphatic carbocycles. The molecule has 0 unspecified atom stereocenters. The lowest BCUT2D eigenvalue weighted by atomic mass is 10.1. The van der Waals surface area contributed by atoms with Crippen molar-refractivity contribution in [3.05, 3.63) is 12.7 Å². The summed E-state index contributed by atoms with van der Waals surface area (Å²) in [4.78, 5) is 22.6. The van der Waals surface area contributed by atoms with E-state index < -0.39 is 12.0 Å². The van der Waals surface area contributed by atoms with Crippen LogP contribution in [0.4, 0.5) is 0 Å². The molecule has 0 aromatic carbocycles. The maximum atomic E-state index is 11.4. The van der Waals surface area contributed by atoms with Crippen molar-refractivity contribution in [2.45, 2.75) is 32.7 Å². The van der Waals surface area contributed by atoms with E-state index in [1.54, 1.807) is 6.08 Å². The Kier molecular flexibility index (Phi) is 6.42. The molecule has 0 saturated heterocycles. The van der Waals surface area contributed by atoms with Crippen molar-refractivity contribution >= 4 is 11.9 Å². The van der Waals surface area contributed by atoms with Crippen LogP contribution in [0.1, 0.15) is 26.7 Å². The number of rotatable bonds is 6. The summed E-state index contributed by atoms with van der Waals surface area (Å²) in [6.45, 7) is 7.42. The Balaban J connectivity index is 4.21. The van der Waals surface area contributed by atoms with Crippen molar-refractivity contribution in [1.82, 2.24) is 5.32 Å². The largest absolute Gasteiger partial charge is 0.467 e. The standard InChI is InChI=1S/C11H19NO3/c1-5-6-9(11(14)15-4)12-10(13)7-8(2)3/h5,8-9H,1,6-7H2,2-4H3,(H,12,13)/t9-/m1/s1. The Morgan fingerprint density at radius 2 is 2.07 bits per heavy atom. The van der Waals surface area contributed by atoms with Gasteiger partial charge in [0.05, 0.1) is 7.11 Å². The molecule has 4 heteroatoms. The summed E-state index contributed by atoms with van der Waals surface area (Å²) in [6, 6.07) is -0.612. The molecular formula is C11H19NO3. The van der Waals surface area contributed by atoms with Crippen molar-refractivity contribution in [2.24, 2.45) is 5.92 Å². The van der Waals surface area contributed by atoms with E-state index >= 15 is 0 Å². The van der Waals surface area contributed by atoms with Crippen LogP contribution in [0.15, 0.2) is 12.7 Å². The lowest BCUT2D eigenvalue weighted by molar-refractivity contribution is -0.145. The van der Waals surface area contributed by atoms with Crippen LogP contribution < -0.4 is 5.32 Å². The predicted octanol–water partition coefficient (Wildman–Crippen LogP) is 1.27. The molecule has 0 aliphatic rings. The molecule has 0 bridgehead atoms. The maximum absolute atomic E-state index is 11.4. The Bertz CT molecular complexity index is 236. The van der Waals surface area contributed by atoms with E-state index in [2.05, 4.69) is 16.6 Å². The zero-order valence-electron chi connectivity index (χ0n) is 9.58. The van der Waals surface area contributed by atoms with Crippen molar-refractivity contribution < 1.29 is 14.3 Å². The summed E-state index contributed by atoms with van der Waals surface area (Å²) in [5.74, 6) is -0.304. The normalized spacial score (nSPS) is 12.0. The summed E-state index contributed by atoms with van der Waals surface area (Å²) < 4.78 is 4.57. The van der Waals surface area contributed by atoms with Crippen LogP contribution in [0.5, 0.6) is 0 Å². The molecule has 0 radical (unpaired) electrons. The number of ether oxygens (including phenoxy) is 1. The molecule has 1 atom stereocenters. The topological polar surface area (TPSA) is 55.4 Å². The maximum Gasteiger partial charge on any atom is 0.328 e. The smallest absolute Gasteiger partial charge is 0.328 e. The minimum Gasteiger partial charge on any atom is -0.467 e. The lowest BCUT2D eigenvalue weighted by Crippen LogP contribution is -2.41. The van der Waals surface area contributed by atoms with Gasteiger partial charge in [0, 0.05) is 6.42 Å². The molecule has 0 aromatic rings. The number of hydrogen-bond acceptors (Lipinski definition) is 3. The number of amides is 1. The van der Waals surface area contributed by atoms with Crippen LogP contribution in [0.3, 0.4) is 0 Å². The Labute approximate surface area is 90.7 Å². The van der Waals surface area contributed by atoms with Gasteiger partial charge in [0.2, 0.25) is 5.91 Å². The van der Waals surface area contributed by atoms with Crippen LogP contribution in [0.2, 0.25) is 0 Å². The summed E-state index contributed by atoms with van der Waals surface area (Å²) in [5.41, 5.74) is 0. The van der Waals surface area contributed by atoms with Crippen LogP contribution in [-0.2, 0) is 14.3 Å². The zero-order valence-corrected chi connectivity index (χ0v) is 9.58. The lowest BCUT2D eigenvalue weighted by Gasteiger charge is -2.15. The molecule has 0 aromatic heterocycles. The predicted molar refractivity (Wildman–Crippen MR) is 58.2 cm³/mol. The number of esters is 1. The molecule has 1 amide bonds. The van der Waals surface area contributed by atoms with Gasteiger partial charge in [0.15, 0.2) is 0 Å². The first kappa shape index (κ1) is 13.7. The first-order valence-corrected chi connectivity index (χ1v) is 4.99. The van der Waals surface area contributed by atoms with E-state index in [0.717, 1.165) is 0 Å². The minimum atomic E-state index is -0.612. The number of carbonyl (C=O) groups excluding carboxylic acids is 2. The third-order valence-corrected chi connectivity index (χ3v) is 1.82. The average Bonchev–Trinajstić information content (AvgIpc) is 2.14. The summed E-state index contributed by atoms with van der Waals surface area (Å²) in [6.07, 6.45) is 2.37. The molecule has 4 nitrogen and oxygen atoms in total. The van der Waals surface area contributed by atoms with Gasteiger partial charge in [-0.3, -0.25) is 4.79 Å². The Morgan fingerprint density at radius 1 is 1.47 bits per heavy atom. The van der Waals surface area contributed by atoms with Crippen LogP contribution in [0, 0.1) is 5.92 Å². The quantitative estimate of drug-likeness (QED) is 0.534. The molecular weight excluding hydrogens is 194 g/mol. The summed E-state index contributed by atoms with van der Waals surface area (Å²) in [7, 11) is 1.30. The van der Waals surface area contributed by atoms with Crippen molar-refractivity contribution in [3.8, 4) is 0 Å². The average molecular weight is 213 g/mol. The van der Waals surface area contributed by atoms with E-state index in [4.69, 9.17) is 0 Å². The summed E-state index contributed by atoms with van der Waals surface area (Å²) >= 11 is 0. The number of nitrogens with one attached hydrogen (secondary N) is 1. The van der Waals surface area contributed by atoms with Gasteiger partial charge in [0.1, 0.15) is 6.04 Å². The van der Waals surface area contributed by atoms with Gasteiger partial charge < -0.3 is 10.1 Å². The molecule has 86 valence electrons. The van der Waals surface area contributed by atoms with Gasteiger partial charge in [0.25, 0.3) is 0 Å². The molecule has 0 fully saturated rings. The van der Waals surface area contributed by atoms with Gasteiger partial charge in [-0.2, -0.15) is 0 Å². The van der Waals surface area contributed by atoms with Crippen LogP contribution in [0.25, 0.3) is 0 Å². The number of carbonyl (C=O) groups is 2. The molecule has 0 spiro atoms. The fourth-order valence-corrected chi connectivity index (χ4v) is 1.15. The molecule has 15 heavy (non-hydrogen) atoms. The van der Waals surface area contributed by atoms with E-state index in [0.29, 0.717) is 12.8 Å². The molecule has 0 heterocycles. The highest BCUT2D eigenvalue weighted by molar-refractivity contribution is 5.84. The van der Waals surface area contributed by atoms with Gasteiger partial charge in [-0.15, -0.1) is 6.58 Å². The Hall–Kier alpha value is -1.32. The third kappa shape index (κ3) is 5.88. The first-order valence-electron chi connectivity index (χ1n) is 4.99. The molecule has 1 N–H and O–H groups in total. The van der Waals surface area contributed by atoms with Crippen molar-refractivity contribution in [1.29, 1.82) is 0 Å². The minimum absolute atomic E-state index is 0.137. The highest BCUT2D eigenvalue weighted by Crippen LogP contribution is 2.01. The van der Waals surface area contributed by atoms with E-state index in [1.807, 2.05) is 13.8 Å². The second-order valence-electron chi connectivity index (χ2n) is 3.77. The molecule has 0 rings (SSSR count). The Morgan fingerprint density at radius 3 is 2.47 bits per heavy atom. The molecule has 0 aliphatic heterocycles. The van der Waals surface area contributed by atoms with Crippen LogP contribution >= 0.6 is 0 Å². The van der Waals surface area contributed by atoms with Gasteiger partial charge in [-0.05, 0) is 12.3 Å². The van der Waals surface area contributed by atoms with Gasteiger partial charge >= 0.3 is 5.97 Å². The summed E-state index contributed by atoms with van der Waals surface area (Å²) in [5, 5.41) is 2.62. The van der Waals surface area contributed by atoms with Gasteiger partial charge in [-0.1, -0.05) is 19.9 Å². The first-order chi connectivity index (χ1) is 7.01. The highest BCUT2D eigenvalue weighted by Gasteiger charge is 2.19. The fraction of sp³-hybridized carbons (Fsp3) is 0.636. The van der Waals surface area contributed by atoms with E-state index in [-0.39, 0.29) is 11.8 Å². The zero-order chi connectivity index (χ0) is 11.8. The van der Waals surface area contributed by atoms with E-state index in [1.165, 1.54) is 7.11 Å². The molecule has 0 saturated carbocycles. The van der Waals surface area contributed by atoms with Crippen LogP contribution in [-0.4, -0.2) is 25.0 Å². The van der Waals surface area contributed by atoms with E-state index in [9.17, 15) is 9.59 Å². The van der Waals surface area contributed by atoms with Crippen molar-refractivity contribution in [2.75, 3.05) is 7.11 Å². The fourth-order valence-electron chi connectivity index (χ4n) is 1.15. The third-order valence-electron chi connectivity index (χ3n) is 1.82.